The third-order valence-electron chi connectivity index (χ3n) is 3.72. The molecule has 0 heterocycles. The Labute approximate surface area is 156 Å². The van der Waals surface area contributed by atoms with Crippen molar-refractivity contribution in [1.29, 1.82) is 0 Å². The van der Waals surface area contributed by atoms with E-state index in [2.05, 4.69) is 28.2 Å². The molecule has 132 valence electrons. The first-order chi connectivity index (χ1) is 12.1. The Morgan fingerprint density at radius 1 is 0.920 bits per heavy atom. The molecule has 0 bridgehead atoms. The Bertz CT molecular complexity index is 696. The van der Waals surface area contributed by atoms with Crippen LogP contribution in [0.2, 0.25) is 0 Å². The second-order valence-electron chi connectivity index (χ2n) is 5.73. The molecule has 0 unspecified atom stereocenters. The van der Waals surface area contributed by atoms with Crippen LogP contribution in [0, 0.1) is 0 Å². The summed E-state index contributed by atoms with van der Waals surface area (Å²) in [6, 6.07) is 13.8. The Hall–Kier alpha value is -2.14. The number of nitrogens with one attached hydrogen (secondary N) is 1. The lowest BCUT2D eigenvalue weighted by atomic mass is 10.2. The van der Waals surface area contributed by atoms with E-state index >= 15 is 0 Å². The lowest BCUT2D eigenvalue weighted by Gasteiger charge is -2.07. The van der Waals surface area contributed by atoms with Crippen LogP contribution in [0.5, 0.6) is 0 Å². The first kappa shape index (κ1) is 19.2. The SMILES string of the molecule is CCCCCCOC(=O)c1ccc(NC(=O)c2ccc(Br)cc2)cc1. The maximum Gasteiger partial charge on any atom is 0.338 e. The highest BCUT2D eigenvalue weighted by Gasteiger charge is 2.09. The zero-order chi connectivity index (χ0) is 18.1. The molecule has 0 aliphatic heterocycles. The van der Waals surface area contributed by atoms with E-state index in [-0.39, 0.29) is 11.9 Å². The van der Waals surface area contributed by atoms with Gasteiger partial charge in [-0.05, 0) is 55.0 Å². The molecule has 5 heteroatoms. The number of unbranched alkanes of at least 4 members (excludes halogenated alkanes) is 3. The molecule has 0 aliphatic rings. The minimum Gasteiger partial charge on any atom is -0.462 e. The summed E-state index contributed by atoms with van der Waals surface area (Å²) in [5.74, 6) is -0.527. The van der Waals surface area contributed by atoms with Gasteiger partial charge in [-0.3, -0.25) is 4.79 Å². The van der Waals surface area contributed by atoms with Crippen molar-refractivity contribution in [3.63, 3.8) is 0 Å². The maximum atomic E-state index is 12.2. The molecule has 0 spiro atoms. The lowest BCUT2D eigenvalue weighted by Crippen LogP contribution is -2.12. The van der Waals surface area contributed by atoms with Gasteiger partial charge in [0.2, 0.25) is 0 Å². The lowest BCUT2D eigenvalue weighted by molar-refractivity contribution is 0.0498. The number of esters is 1. The summed E-state index contributed by atoms with van der Waals surface area (Å²) in [5.41, 5.74) is 1.68. The average molecular weight is 404 g/mol. The van der Waals surface area contributed by atoms with Crippen molar-refractivity contribution >= 4 is 33.5 Å². The van der Waals surface area contributed by atoms with Crippen molar-refractivity contribution in [3.8, 4) is 0 Å². The Balaban J connectivity index is 1.85. The van der Waals surface area contributed by atoms with Crippen molar-refractivity contribution in [1.82, 2.24) is 0 Å². The van der Waals surface area contributed by atoms with E-state index in [1.165, 1.54) is 0 Å². The van der Waals surface area contributed by atoms with Crippen LogP contribution in [0.25, 0.3) is 0 Å². The normalized spacial score (nSPS) is 10.3. The molecule has 0 aliphatic carbocycles. The summed E-state index contributed by atoms with van der Waals surface area (Å²) in [6.45, 7) is 2.59. The fourth-order valence-electron chi connectivity index (χ4n) is 2.27. The number of ether oxygens (including phenoxy) is 1. The van der Waals surface area contributed by atoms with Crippen molar-refractivity contribution in [2.24, 2.45) is 0 Å². The van der Waals surface area contributed by atoms with Crippen LogP contribution in [-0.4, -0.2) is 18.5 Å². The first-order valence-corrected chi connectivity index (χ1v) is 9.23. The highest BCUT2D eigenvalue weighted by atomic mass is 79.9. The largest absolute Gasteiger partial charge is 0.462 e. The monoisotopic (exact) mass is 403 g/mol. The molecule has 0 radical (unpaired) electrons. The summed E-state index contributed by atoms with van der Waals surface area (Å²) in [4.78, 5) is 24.1. The van der Waals surface area contributed by atoms with Crippen LogP contribution in [0.3, 0.4) is 0 Å². The average Bonchev–Trinajstić information content (AvgIpc) is 2.62. The number of carbonyl (C=O) groups is 2. The van der Waals surface area contributed by atoms with Gasteiger partial charge in [0.15, 0.2) is 0 Å². The van der Waals surface area contributed by atoms with E-state index in [0.29, 0.717) is 23.4 Å². The number of carbonyl (C=O) groups excluding carboxylic acids is 2. The second-order valence-corrected chi connectivity index (χ2v) is 6.65. The maximum absolute atomic E-state index is 12.2. The Morgan fingerprint density at radius 2 is 1.56 bits per heavy atom. The number of anilines is 1. The smallest absolute Gasteiger partial charge is 0.338 e. The third-order valence-corrected chi connectivity index (χ3v) is 4.24. The number of halogens is 1. The molecule has 0 atom stereocenters. The number of amides is 1. The second kappa shape index (κ2) is 9.99. The van der Waals surface area contributed by atoms with Gasteiger partial charge in [-0.25, -0.2) is 4.79 Å². The molecule has 0 saturated heterocycles. The summed E-state index contributed by atoms with van der Waals surface area (Å²) >= 11 is 3.34. The van der Waals surface area contributed by atoms with Crippen LogP contribution in [0.1, 0.15) is 53.3 Å². The Kier molecular flexibility index (Phi) is 7.67. The molecular weight excluding hydrogens is 382 g/mol. The number of rotatable bonds is 8. The predicted molar refractivity (Wildman–Crippen MR) is 103 cm³/mol. The topological polar surface area (TPSA) is 55.4 Å². The molecule has 0 aromatic heterocycles. The van der Waals surface area contributed by atoms with Gasteiger partial charge in [0.1, 0.15) is 0 Å². The molecule has 4 nitrogen and oxygen atoms in total. The summed E-state index contributed by atoms with van der Waals surface area (Å²) in [5, 5.41) is 2.80. The van der Waals surface area contributed by atoms with E-state index in [9.17, 15) is 9.59 Å². The van der Waals surface area contributed by atoms with E-state index in [1.54, 1.807) is 36.4 Å². The summed E-state index contributed by atoms with van der Waals surface area (Å²) in [6.07, 6.45) is 4.28. The van der Waals surface area contributed by atoms with Crippen LogP contribution in [-0.2, 0) is 4.74 Å². The predicted octanol–water partition coefficient (Wildman–Crippen LogP) is 5.44. The van der Waals surface area contributed by atoms with Gasteiger partial charge in [0, 0.05) is 15.7 Å². The van der Waals surface area contributed by atoms with Gasteiger partial charge in [0.25, 0.3) is 5.91 Å². The molecule has 1 N–H and O–H groups in total. The third kappa shape index (κ3) is 6.35. The minimum atomic E-state index is -0.331. The fourth-order valence-corrected chi connectivity index (χ4v) is 2.54. The Morgan fingerprint density at radius 3 is 2.20 bits per heavy atom. The molecule has 0 saturated carbocycles. The van der Waals surface area contributed by atoms with Gasteiger partial charge in [-0.2, -0.15) is 0 Å². The van der Waals surface area contributed by atoms with Crippen LogP contribution >= 0.6 is 15.9 Å². The van der Waals surface area contributed by atoms with Crippen molar-refractivity contribution in [3.05, 3.63) is 64.1 Å². The van der Waals surface area contributed by atoms with Crippen molar-refractivity contribution in [2.45, 2.75) is 32.6 Å². The van der Waals surface area contributed by atoms with Crippen LogP contribution in [0.15, 0.2) is 53.0 Å². The molecular formula is C20H22BrNO3. The van der Waals surface area contributed by atoms with Crippen molar-refractivity contribution < 1.29 is 14.3 Å². The number of hydrogen-bond acceptors (Lipinski definition) is 3. The molecule has 2 aromatic rings. The van der Waals surface area contributed by atoms with Crippen molar-refractivity contribution in [2.75, 3.05) is 11.9 Å². The van der Waals surface area contributed by atoms with Gasteiger partial charge >= 0.3 is 5.97 Å². The number of hydrogen-bond donors (Lipinski definition) is 1. The summed E-state index contributed by atoms with van der Waals surface area (Å²) in [7, 11) is 0. The molecule has 2 rings (SSSR count). The van der Waals surface area contributed by atoms with E-state index < -0.39 is 0 Å². The summed E-state index contributed by atoms with van der Waals surface area (Å²) < 4.78 is 6.16. The highest BCUT2D eigenvalue weighted by molar-refractivity contribution is 9.10. The van der Waals surface area contributed by atoms with Crippen LogP contribution in [0.4, 0.5) is 5.69 Å². The van der Waals surface area contributed by atoms with E-state index in [0.717, 1.165) is 30.2 Å². The van der Waals surface area contributed by atoms with Gasteiger partial charge in [-0.15, -0.1) is 0 Å². The van der Waals surface area contributed by atoms with Gasteiger partial charge in [-0.1, -0.05) is 42.1 Å². The molecule has 2 aromatic carbocycles. The number of benzene rings is 2. The molecule has 1 amide bonds. The van der Waals surface area contributed by atoms with E-state index in [1.807, 2.05) is 12.1 Å². The minimum absolute atomic E-state index is 0.196. The van der Waals surface area contributed by atoms with Crippen LogP contribution < -0.4 is 5.32 Å². The molecule has 0 fully saturated rings. The zero-order valence-electron chi connectivity index (χ0n) is 14.3. The fraction of sp³-hybridized carbons (Fsp3) is 0.300. The molecule has 25 heavy (non-hydrogen) atoms. The highest BCUT2D eigenvalue weighted by Crippen LogP contribution is 2.14. The standard InChI is InChI=1S/C20H22BrNO3/c1-2-3-4-5-14-25-20(24)16-8-12-18(13-9-16)22-19(23)15-6-10-17(21)11-7-15/h6-13H,2-5,14H2,1H3,(H,22,23). The van der Waals surface area contributed by atoms with E-state index in [4.69, 9.17) is 4.74 Å². The van der Waals surface area contributed by atoms with Gasteiger partial charge in [0.05, 0.1) is 12.2 Å². The van der Waals surface area contributed by atoms with Gasteiger partial charge < -0.3 is 10.1 Å². The zero-order valence-corrected chi connectivity index (χ0v) is 15.8. The first-order valence-electron chi connectivity index (χ1n) is 8.44. The quantitative estimate of drug-likeness (QED) is 0.471.